The minimum absolute atomic E-state index is 0.144. The summed E-state index contributed by atoms with van der Waals surface area (Å²) in [5, 5.41) is 1.31. The molecule has 1 aromatic heterocycles. The predicted octanol–water partition coefficient (Wildman–Crippen LogP) is 4.54. The molecular formula is C17H11ClF3N3O2. The Hall–Kier alpha value is -3.00. The lowest BCUT2D eigenvalue weighted by Crippen LogP contribution is -2.29. The summed E-state index contributed by atoms with van der Waals surface area (Å²) in [7, 11) is 0. The standard InChI is InChI=1S/C17H11ClF3N3O2/c18-13-3-1-2-10-6-9-14(22-15(10)13)23-24-16(25)11-4-7-12(8-5-11)26-17(19,20)21/h1-9H,(H,22,23)(H,24,25). The average Bonchev–Trinajstić information content (AvgIpc) is 2.59. The van der Waals surface area contributed by atoms with Crippen LogP contribution in [-0.2, 0) is 0 Å². The molecule has 2 N–H and O–H groups in total. The van der Waals surface area contributed by atoms with Crippen molar-refractivity contribution in [1.29, 1.82) is 0 Å². The molecule has 0 bridgehead atoms. The van der Waals surface area contributed by atoms with E-state index in [0.717, 1.165) is 17.5 Å². The van der Waals surface area contributed by atoms with E-state index in [-0.39, 0.29) is 5.56 Å². The Morgan fingerprint density at radius 1 is 1.04 bits per heavy atom. The lowest BCUT2D eigenvalue weighted by atomic mass is 10.2. The van der Waals surface area contributed by atoms with E-state index in [2.05, 4.69) is 20.6 Å². The van der Waals surface area contributed by atoms with Gasteiger partial charge in [-0.3, -0.25) is 15.6 Å². The quantitative estimate of drug-likeness (QED) is 0.651. The molecule has 2 aromatic carbocycles. The number of aromatic nitrogens is 1. The van der Waals surface area contributed by atoms with Crippen molar-refractivity contribution in [3.05, 3.63) is 65.2 Å². The fourth-order valence-corrected chi connectivity index (χ4v) is 2.41. The van der Waals surface area contributed by atoms with Crippen molar-refractivity contribution in [1.82, 2.24) is 10.4 Å². The average molecular weight is 382 g/mol. The molecule has 0 aliphatic rings. The molecule has 1 amide bonds. The summed E-state index contributed by atoms with van der Waals surface area (Å²) in [6, 6.07) is 13.3. The minimum Gasteiger partial charge on any atom is -0.406 e. The highest BCUT2D eigenvalue weighted by atomic mass is 35.5. The molecule has 0 aliphatic heterocycles. The van der Waals surface area contributed by atoms with Crippen molar-refractivity contribution in [2.75, 3.05) is 5.43 Å². The summed E-state index contributed by atoms with van der Waals surface area (Å²) in [6.45, 7) is 0. The van der Waals surface area contributed by atoms with Crippen molar-refractivity contribution in [3.8, 4) is 5.75 Å². The van der Waals surface area contributed by atoms with Crippen molar-refractivity contribution >= 4 is 34.2 Å². The molecule has 3 rings (SSSR count). The third-order valence-corrected chi connectivity index (χ3v) is 3.63. The van der Waals surface area contributed by atoms with Crippen LogP contribution in [0.4, 0.5) is 19.0 Å². The molecule has 5 nitrogen and oxygen atoms in total. The molecule has 1 heterocycles. The lowest BCUT2D eigenvalue weighted by Gasteiger charge is -2.11. The number of amides is 1. The van der Waals surface area contributed by atoms with Crippen LogP contribution in [0.5, 0.6) is 5.75 Å². The SMILES string of the molecule is O=C(NNc1ccc2cccc(Cl)c2n1)c1ccc(OC(F)(F)F)cc1. The monoisotopic (exact) mass is 381 g/mol. The molecule has 0 unspecified atom stereocenters. The van der Waals surface area contributed by atoms with Gasteiger partial charge in [0.15, 0.2) is 0 Å². The Bertz CT molecular complexity index is 946. The van der Waals surface area contributed by atoms with Crippen LogP contribution >= 0.6 is 11.6 Å². The number of nitrogens with one attached hydrogen (secondary N) is 2. The number of fused-ring (bicyclic) bond motifs is 1. The number of para-hydroxylation sites is 1. The van der Waals surface area contributed by atoms with Gasteiger partial charge in [-0.25, -0.2) is 4.98 Å². The number of hydrazine groups is 1. The van der Waals surface area contributed by atoms with Crippen LogP contribution in [0.1, 0.15) is 10.4 Å². The van der Waals surface area contributed by atoms with Gasteiger partial charge in [-0.05, 0) is 42.5 Å². The van der Waals surface area contributed by atoms with E-state index in [4.69, 9.17) is 11.6 Å². The van der Waals surface area contributed by atoms with Crippen molar-refractivity contribution < 1.29 is 22.7 Å². The van der Waals surface area contributed by atoms with Gasteiger partial charge in [0.25, 0.3) is 5.91 Å². The van der Waals surface area contributed by atoms with Gasteiger partial charge in [-0.15, -0.1) is 13.2 Å². The number of nitrogens with zero attached hydrogens (tertiary/aromatic N) is 1. The molecule has 0 saturated carbocycles. The first-order valence-electron chi connectivity index (χ1n) is 7.29. The third kappa shape index (κ3) is 4.34. The summed E-state index contributed by atoms with van der Waals surface area (Å²) < 4.78 is 40.1. The number of hydrogen-bond donors (Lipinski definition) is 2. The van der Waals surface area contributed by atoms with Crippen LogP contribution in [0, 0.1) is 0 Å². The summed E-state index contributed by atoms with van der Waals surface area (Å²) in [4.78, 5) is 16.3. The van der Waals surface area contributed by atoms with E-state index in [1.54, 1.807) is 24.3 Å². The maximum atomic E-state index is 12.1. The van der Waals surface area contributed by atoms with E-state index in [9.17, 15) is 18.0 Å². The number of benzene rings is 2. The number of hydrogen-bond acceptors (Lipinski definition) is 4. The molecule has 134 valence electrons. The highest BCUT2D eigenvalue weighted by Crippen LogP contribution is 2.24. The number of carbonyl (C=O) groups excluding carboxylic acids is 1. The zero-order valence-corrected chi connectivity index (χ0v) is 13.7. The van der Waals surface area contributed by atoms with Gasteiger partial charge in [0.1, 0.15) is 11.6 Å². The van der Waals surface area contributed by atoms with Crippen LogP contribution in [0.3, 0.4) is 0 Å². The zero-order valence-electron chi connectivity index (χ0n) is 13.0. The minimum atomic E-state index is -4.78. The van der Waals surface area contributed by atoms with Gasteiger partial charge in [-0.2, -0.15) is 0 Å². The fourth-order valence-electron chi connectivity index (χ4n) is 2.18. The lowest BCUT2D eigenvalue weighted by molar-refractivity contribution is -0.274. The maximum absolute atomic E-state index is 12.1. The van der Waals surface area contributed by atoms with E-state index in [1.165, 1.54) is 12.1 Å². The predicted molar refractivity (Wildman–Crippen MR) is 91.0 cm³/mol. The van der Waals surface area contributed by atoms with Crippen LogP contribution < -0.4 is 15.6 Å². The largest absolute Gasteiger partial charge is 0.573 e. The Kier molecular flexibility index (Phi) is 4.85. The summed E-state index contributed by atoms with van der Waals surface area (Å²) in [5.41, 5.74) is 5.76. The molecule has 26 heavy (non-hydrogen) atoms. The zero-order chi connectivity index (χ0) is 18.7. The first-order chi connectivity index (χ1) is 12.3. The molecular weight excluding hydrogens is 371 g/mol. The summed E-state index contributed by atoms with van der Waals surface area (Å²) in [6.07, 6.45) is -4.78. The molecule has 3 aromatic rings. The second-order valence-electron chi connectivity index (χ2n) is 5.16. The second kappa shape index (κ2) is 7.09. The van der Waals surface area contributed by atoms with Gasteiger partial charge in [0, 0.05) is 10.9 Å². The van der Waals surface area contributed by atoms with Crippen LogP contribution in [0.25, 0.3) is 10.9 Å². The van der Waals surface area contributed by atoms with E-state index in [0.29, 0.717) is 16.4 Å². The summed E-state index contributed by atoms with van der Waals surface area (Å²) >= 11 is 6.08. The molecule has 9 heteroatoms. The highest BCUT2D eigenvalue weighted by Gasteiger charge is 2.31. The Morgan fingerprint density at radius 2 is 1.77 bits per heavy atom. The van der Waals surface area contributed by atoms with E-state index < -0.39 is 18.0 Å². The number of ether oxygens (including phenoxy) is 1. The Balaban J connectivity index is 1.66. The number of halogens is 4. The Morgan fingerprint density at radius 3 is 2.46 bits per heavy atom. The maximum Gasteiger partial charge on any atom is 0.573 e. The number of rotatable bonds is 4. The van der Waals surface area contributed by atoms with Gasteiger partial charge < -0.3 is 4.74 Å². The summed E-state index contributed by atoms with van der Waals surface area (Å²) in [5.74, 6) is -0.603. The number of pyridine rings is 1. The first-order valence-corrected chi connectivity index (χ1v) is 7.67. The van der Waals surface area contributed by atoms with Gasteiger partial charge >= 0.3 is 6.36 Å². The number of anilines is 1. The van der Waals surface area contributed by atoms with E-state index in [1.807, 2.05) is 6.07 Å². The normalized spacial score (nSPS) is 11.2. The van der Waals surface area contributed by atoms with Crippen LogP contribution in [-0.4, -0.2) is 17.3 Å². The van der Waals surface area contributed by atoms with Crippen LogP contribution in [0.15, 0.2) is 54.6 Å². The first kappa shape index (κ1) is 17.8. The van der Waals surface area contributed by atoms with Crippen molar-refractivity contribution in [3.63, 3.8) is 0 Å². The van der Waals surface area contributed by atoms with Gasteiger partial charge in [0.05, 0.1) is 10.5 Å². The van der Waals surface area contributed by atoms with Gasteiger partial charge in [-0.1, -0.05) is 23.7 Å². The van der Waals surface area contributed by atoms with Crippen molar-refractivity contribution in [2.24, 2.45) is 0 Å². The number of alkyl halides is 3. The van der Waals surface area contributed by atoms with Gasteiger partial charge in [0.2, 0.25) is 0 Å². The smallest absolute Gasteiger partial charge is 0.406 e. The van der Waals surface area contributed by atoms with E-state index >= 15 is 0 Å². The topological polar surface area (TPSA) is 63.2 Å². The van der Waals surface area contributed by atoms with Crippen molar-refractivity contribution in [2.45, 2.75) is 6.36 Å². The second-order valence-corrected chi connectivity index (χ2v) is 5.57. The highest BCUT2D eigenvalue weighted by molar-refractivity contribution is 6.35. The molecule has 0 saturated heterocycles. The number of carbonyl (C=O) groups is 1. The molecule has 0 spiro atoms. The molecule has 0 radical (unpaired) electrons. The van der Waals surface area contributed by atoms with Crippen LogP contribution in [0.2, 0.25) is 5.02 Å². The Labute approximate surface area is 150 Å². The molecule has 0 fully saturated rings. The third-order valence-electron chi connectivity index (χ3n) is 3.33. The molecule has 0 aliphatic carbocycles. The fraction of sp³-hybridized carbons (Fsp3) is 0.0588. The molecule has 0 atom stereocenters.